The van der Waals surface area contributed by atoms with E-state index in [0.717, 1.165) is 0 Å². The van der Waals surface area contributed by atoms with Gasteiger partial charge >= 0.3 is 0 Å². The fraction of sp³-hybridized carbons (Fsp3) is 1.00. The summed E-state index contributed by atoms with van der Waals surface area (Å²) in [5, 5.41) is 18.8. The molecule has 5 heteroatoms. The van der Waals surface area contributed by atoms with Gasteiger partial charge in [-0.2, -0.15) is 0 Å². The summed E-state index contributed by atoms with van der Waals surface area (Å²) in [6.07, 6.45) is 1.85. The molecule has 0 spiro atoms. The monoisotopic (exact) mass is 247 g/mol. The molecule has 0 aromatic heterocycles. The molecule has 2 N–H and O–H groups in total. The molecule has 102 valence electrons. The maximum absolute atomic E-state index is 9.85. The number of hydrogen-bond donors (Lipinski definition) is 2. The minimum atomic E-state index is -0.499. The second-order valence-corrected chi connectivity index (χ2v) is 4.70. The standard InChI is InChI=1S/C12H25NO4/c1-10(8-16-2)17-9-12(15)7-13(5-6-14)11-3-4-11/h10-12,14-15H,3-9H2,1-2H3. The quantitative estimate of drug-likeness (QED) is 0.562. The Bertz CT molecular complexity index is 199. The molecular weight excluding hydrogens is 222 g/mol. The van der Waals surface area contributed by atoms with E-state index >= 15 is 0 Å². The van der Waals surface area contributed by atoms with E-state index < -0.39 is 6.10 Å². The summed E-state index contributed by atoms with van der Waals surface area (Å²) in [6, 6.07) is 0.549. The average molecular weight is 247 g/mol. The molecule has 2 unspecified atom stereocenters. The van der Waals surface area contributed by atoms with Crippen molar-refractivity contribution in [1.29, 1.82) is 0 Å². The molecule has 1 fully saturated rings. The van der Waals surface area contributed by atoms with Gasteiger partial charge in [0, 0.05) is 26.2 Å². The molecule has 0 bridgehead atoms. The first-order chi connectivity index (χ1) is 8.17. The molecule has 2 atom stereocenters. The van der Waals surface area contributed by atoms with Crippen molar-refractivity contribution in [3.8, 4) is 0 Å². The van der Waals surface area contributed by atoms with E-state index in [2.05, 4.69) is 4.90 Å². The number of rotatable bonds is 10. The Hall–Kier alpha value is -0.200. The van der Waals surface area contributed by atoms with E-state index in [1.807, 2.05) is 6.92 Å². The van der Waals surface area contributed by atoms with Crippen LogP contribution in [0.5, 0.6) is 0 Å². The highest BCUT2D eigenvalue weighted by Crippen LogP contribution is 2.26. The minimum Gasteiger partial charge on any atom is -0.395 e. The van der Waals surface area contributed by atoms with Crippen molar-refractivity contribution >= 4 is 0 Å². The van der Waals surface area contributed by atoms with E-state index in [4.69, 9.17) is 14.6 Å². The van der Waals surface area contributed by atoms with Crippen LogP contribution >= 0.6 is 0 Å². The van der Waals surface area contributed by atoms with Crippen molar-refractivity contribution in [3.05, 3.63) is 0 Å². The summed E-state index contributed by atoms with van der Waals surface area (Å²) in [6.45, 7) is 4.13. The molecule has 0 amide bonds. The third kappa shape index (κ3) is 6.33. The first kappa shape index (κ1) is 14.9. The molecule has 1 aliphatic carbocycles. The van der Waals surface area contributed by atoms with Gasteiger partial charge in [-0.05, 0) is 19.8 Å². The highest BCUT2D eigenvalue weighted by atomic mass is 16.5. The van der Waals surface area contributed by atoms with E-state index in [0.29, 0.717) is 32.3 Å². The second kappa shape index (κ2) is 8.00. The Labute approximate surface area is 103 Å². The average Bonchev–Trinajstić information content (AvgIpc) is 3.10. The maximum Gasteiger partial charge on any atom is 0.0900 e. The highest BCUT2D eigenvalue weighted by molar-refractivity contribution is 4.85. The Kier molecular flexibility index (Phi) is 6.99. The smallest absolute Gasteiger partial charge is 0.0900 e. The van der Waals surface area contributed by atoms with E-state index in [1.54, 1.807) is 7.11 Å². The lowest BCUT2D eigenvalue weighted by Crippen LogP contribution is -2.38. The number of aliphatic hydroxyl groups excluding tert-OH is 2. The Morgan fingerprint density at radius 1 is 1.35 bits per heavy atom. The van der Waals surface area contributed by atoms with Gasteiger partial charge in [0.2, 0.25) is 0 Å². The molecule has 1 rings (SSSR count). The van der Waals surface area contributed by atoms with Crippen LogP contribution in [0, 0.1) is 0 Å². The van der Waals surface area contributed by atoms with Crippen molar-refractivity contribution in [3.63, 3.8) is 0 Å². The topological polar surface area (TPSA) is 62.2 Å². The van der Waals surface area contributed by atoms with Crippen molar-refractivity contribution in [2.75, 3.05) is 40.0 Å². The summed E-state index contributed by atoms with van der Waals surface area (Å²) in [5.41, 5.74) is 0. The molecule has 17 heavy (non-hydrogen) atoms. The molecule has 1 aliphatic rings. The van der Waals surface area contributed by atoms with E-state index in [1.165, 1.54) is 12.8 Å². The molecule has 0 aromatic rings. The maximum atomic E-state index is 9.85. The summed E-state index contributed by atoms with van der Waals surface area (Å²) >= 11 is 0. The molecule has 0 heterocycles. The molecule has 0 aromatic carbocycles. The van der Waals surface area contributed by atoms with Crippen LogP contribution in [-0.2, 0) is 9.47 Å². The van der Waals surface area contributed by atoms with Gasteiger partial charge in [0.05, 0.1) is 32.0 Å². The van der Waals surface area contributed by atoms with Gasteiger partial charge < -0.3 is 19.7 Å². The molecule has 0 radical (unpaired) electrons. The lowest BCUT2D eigenvalue weighted by Gasteiger charge is -2.24. The highest BCUT2D eigenvalue weighted by Gasteiger charge is 2.29. The van der Waals surface area contributed by atoms with Crippen LogP contribution in [0.2, 0.25) is 0 Å². The van der Waals surface area contributed by atoms with Gasteiger partial charge in [0.15, 0.2) is 0 Å². The number of aliphatic hydroxyl groups is 2. The van der Waals surface area contributed by atoms with Crippen LogP contribution in [0.3, 0.4) is 0 Å². The Balaban J connectivity index is 2.15. The molecule has 1 saturated carbocycles. The number of hydrogen-bond acceptors (Lipinski definition) is 5. The van der Waals surface area contributed by atoms with E-state index in [9.17, 15) is 5.11 Å². The number of ether oxygens (including phenoxy) is 2. The van der Waals surface area contributed by atoms with Crippen LogP contribution in [0.4, 0.5) is 0 Å². The fourth-order valence-corrected chi connectivity index (χ4v) is 1.87. The zero-order valence-electron chi connectivity index (χ0n) is 10.8. The predicted octanol–water partition coefficient (Wildman–Crippen LogP) is -0.144. The summed E-state index contributed by atoms with van der Waals surface area (Å²) in [4.78, 5) is 2.13. The first-order valence-electron chi connectivity index (χ1n) is 6.30. The third-order valence-electron chi connectivity index (χ3n) is 2.87. The summed E-state index contributed by atoms with van der Waals surface area (Å²) in [5.74, 6) is 0. The zero-order valence-corrected chi connectivity index (χ0v) is 10.8. The van der Waals surface area contributed by atoms with Crippen molar-refractivity contribution in [1.82, 2.24) is 4.90 Å². The lowest BCUT2D eigenvalue weighted by atomic mass is 10.3. The van der Waals surface area contributed by atoms with Crippen molar-refractivity contribution < 1.29 is 19.7 Å². The van der Waals surface area contributed by atoms with Crippen LogP contribution < -0.4 is 0 Å². The van der Waals surface area contributed by atoms with E-state index in [-0.39, 0.29) is 12.7 Å². The zero-order chi connectivity index (χ0) is 12.7. The van der Waals surface area contributed by atoms with Gasteiger partial charge in [-0.25, -0.2) is 0 Å². The molecular formula is C12H25NO4. The van der Waals surface area contributed by atoms with Crippen LogP contribution in [0.1, 0.15) is 19.8 Å². The Morgan fingerprint density at radius 3 is 2.59 bits per heavy atom. The number of methoxy groups -OCH3 is 1. The molecule has 0 aliphatic heterocycles. The van der Waals surface area contributed by atoms with Gasteiger partial charge in [-0.1, -0.05) is 0 Å². The minimum absolute atomic E-state index is 0.00173. The fourth-order valence-electron chi connectivity index (χ4n) is 1.87. The predicted molar refractivity (Wildman–Crippen MR) is 65.0 cm³/mol. The van der Waals surface area contributed by atoms with Crippen molar-refractivity contribution in [2.24, 2.45) is 0 Å². The van der Waals surface area contributed by atoms with Gasteiger partial charge in [0.25, 0.3) is 0 Å². The number of nitrogens with zero attached hydrogens (tertiary/aromatic N) is 1. The summed E-state index contributed by atoms with van der Waals surface area (Å²) in [7, 11) is 1.63. The van der Waals surface area contributed by atoms with Gasteiger partial charge in [-0.3, -0.25) is 4.90 Å². The third-order valence-corrected chi connectivity index (χ3v) is 2.87. The van der Waals surface area contributed by atoms with Crippen LogP contribution in [0.25, 0.3) is 0 Å². The molecule has 5 nitrogen and oxygen atoms in total. The van der Waals surface area contributed by atoms with Crippen LogP contribution in [-0.4, -0.2) is 73.4 Å². The van der Waals surface area contributed by atoms with Crippen LogP contribution in [0.15, 0.2) is 0 Å². The van der Waals surface area contributed by atoms with Crippen molar-refractivity contribution in [2.45, 2.75) is 38.0 Å². The van der Waals surface area contributed by atoms with Gasteiger partial charge in [0.1, 0.15) is 0 Å². The normalized spacial score (nSPS) is 19.6. The summed E-state index contributed by atoms with van der Waals surface area (Å²) < 4.78 is 10.4. The lowest BCUT2D eigenvalue weighted by molar-refractivity contribution is -0.0411. The molecule has 0 saturated heterocycles. The largest absolute Gasteiger partial charge is 0.395 e. The van der Waals surface area contributed by atoms with Gasteiger partial charge in [-0.15, -0.1) is 0 Å². The Morgan fingerprint density at radius 2 is 2.06 bits per heavy atom. The second-order valence-electron chi connectivity index (χ2n) is 4.70. The first-order valence-corrected chi connectivity index (χ1v) is 6.30. The SMILES string of the molecule is COCC(C)OCC(O)CN(CCO)C1CC1.